The molecule has 0 radical (unpaired) electrons. The van der Waals surface area contributed by atoms with Crippen LogP contribution in [0.1, 0.15) is 12.5 Å². The van der Waals surface area contributed by atoms with Crippen LogP contribution in [0.15, 0.2) is 30.3 Å². The van der Waals surface area contributed by atoms with Crippen molar-refractivity contribution in [3.05, 3.63) is 40.9 Å². The number of carbonyl (C=O) groups excluding carboxylic acids is 1. The van der Waals surface area contributed by atoms with Crippen LogP contribution in [0.2, 0.25) is 5.02 Å². The highest BCUT2D eigenvalue weighted by Crippen LogP contribution is 2.12. The Kier molecular flexibility index (Phi) is 6.99. The number of halogens is 1. The molecule has 0 fully saturated rings. The SMILES string of the molecule is CSC(CO)C(C)NC(=O)/C=C/c1cccc(Cl)c1. The second-order valence-corrected chi connectivity index (χ2v) is 5.66. The van der Waals surface area contributed by atoms with E-state index in [-0.39, 0.29) is 23.8 Å². The van der Waals surface area contributed by atoms with Gasteiger partial charge in [-0.3, -0.25) is 4.79 Å². The number of rotatable bonds is 6. The van der Waals surface area contributed by atoms with Crippen molar-refractivity contribution in [2.75, 3.05) is 12.9 Å². The van der Waals surface area contributed by atoms with Gasteiger partial charge in [-0.2, -0.15) is 11.8 Å². The molecule has 1 rings (SSSR count). The Bertz CT molecular complexity index is 447. The van der Waals surface area contributed by atoms with Crippen LogP contribution in [-0.4, -0.2) is 35.2 Å². The van der Waals surface area contributed by atoms with E-state index in [4.69, 9.17) is 16.7 Å². The van der Waals surface area contributed by atoms with Gasteiger partial charge in [-0.25, -0.2) is 0 Å². The lowest BCUT2D eigenvalue weighted by atomic mass is 10.2. The fraction of sp³-hybridized carbons (Fsp3) is 0.357. The predicted octanol–water partition coefficient (Wildman–Crippen LogP) is 2.58. The van der Waals surface area contributed by atoms with Crippen molar-refractivity contribution in [2.24, 2.45) is 0 Å². The largest absolute Gasteiger partial charge is 0.395 e. The lowest BCUT2D eigenvalue weighted by Gasteiger charge is -2.20. The smallest absolute Gasteiger partial charge is 0.244 e. The Balaban J connectivity index is 2.55. The molecule has 0 heterocycles. The molecule has 0 aliphatic rings. The molecular formula is C14H18ClNO2S. The molecule has 2 N–H and O–H groups in total. The number of hydrogen-bond acceptors (Lipinski definition) is 3. The molecule has 2 atom stereocenters. The minimum absolute atomic E-state index is 0.00326. The maximum Gasteiger partial charge on any atom is 0.244 e. The van der Waals surface area contributed by atoms with Gasteiger partial charge in [0.1, 0.15) is 0 Å². The van der Waals surface area contributed by atoms with E-state index in [0.717, 1.165) is 5.56 Å². The fourth-order valence-electron chi connectivity index (χ4n) is 1.58. The van der Waals surface area contributed by atoms with Crippen LogP contribution in [0, 0.1) is 0 Å². The van der Waals surface area contributed by atoms with Crippen LogP contribution in [0.3, 0.4) is 0 Å². The molecule has 0 saturated heterocycles. The lowest BCUT2D eigenvalue weighted by molar-refractivity contribution is -0.117. The number of carbonyl (C=O) groups is 1. The Morgan fingerprint density at radius 3 is 2.89 bits per heavy atom. The minimum atomic E-state index is -0.181. The first-order valence-corrected chi connectivity index (χ1v) is 7.61. The second kappa shape index (κ2) is 8.25. The maximum atomic E-state index is 11.7. The summed E-state index contributed by atoms with van der Waals surface area (Å²) in [6.45, 7) is 1.92. The number of thioether (sulfide) groups is 1. The average molecular weight is 300 g/mol. The van der Waals surface area contributed by atoms with Gasteiger partial charge in [0.15, 0.2) is 0 Å². The van der Waals surface area contributed by atoms with E-state index in [2.05, 4.69) is 5.32 Å². The Morgan fingerprint density at radius 1 is 1.58 bits per heavy atom. The number of benzene rings is 1. The number of amides is 1. The number of aliphatic hydroxyl groups excluding tert-OH is 1. The molecule has 0 aliphatic heterocycles. The Hall–Kier alpha value is -0.970. The summed E-state index contributed by atoms with van der Waals surface area (Å²) < 4.78 is 0. The van der Waals surface area contributed by atoms with Gasteiger partial charge in [0.2, 0.25) is 5.91 Å². The van der Waals surface area contributed by atoms with Crippen LogP contribution < -0.4 is 5.32 Å². The fourth-order valence-corrected chi connectivity index (χ4v) is 2.41. The zero-order valence-corrected chi connectivity index (χ0v) is 12.5. The number of nitrogens with one attached hydrogen (secondary N) is 1. The van der Waals surface area contributed by atoms with Gasteiger partial charge in [0.05, 0.1) is 6.61 Å². The summed E-state index contributed by atoms with van der Waals surface area (Å²) in [5.74, 6) is -0.181. The van der Waals surface area contributed by atoms with Crippen LogP contribution in [0.5, 0.6) is 0 Å². The van der Waals surface area contributed by atoms with Crippen LogP contribution in [0.25, 0.3) is 6.08 Å². The molecule has 3 nitrogen and oxygen atoms in total. The van der Waals surface area contributed by atoms with E-state index in [1.807, 2.05) is 25.3 Å². The highest BCUT2D eigenvalue weighted by molar-refractivity contribution is 7.99. The van der Waals surface area contributed by atoms with Gasteiger partial charge in [-0.1, -0.05) is 23.7 Å². The first-order valence-electron chi connectivity index (χ1n) is 5.94. The van der Waals surface area contributed by atoms with Crippen molar-refractivity contribution in [3.63, 3.8) is 0 Å². The molecule has 0 saturated carbocycles. The molecule has 0 aromatic heterocycles. The van der Waals surface area contributed by atoms with Crippen LogP contribution >= 0.6 is 23.4 Å². The highest BCUT2D eigenvalue weighted by atomic mass is 35.5. The summed E-state index contributed by atoms with van der Waals surface area (Å²) >= 11 is 7.39. The molecule has 1 amide bonds. The molecule has 19 heavy (non-hydrogen) atoms. The van der Waals surface area contributed by atoms with Crippen LogP contribution in [-0.2, 0) is 4.79 Å². The van der Waals surface area contributed by atoms with Crippen LogP contribution in [0.4, 0.5) is 0 Å². The third kappa shape index (κ3) is 5.68. The molecule has 0 spiro atoms. The summed E-state index contributed by atoms with van der Waals surface area (Å²) in [5.41, 5.74) is 0.874. The van der Waals surface area contributed by atoms with E-state index in [0.29, 0.717) is 5.02 Å². The van der Waals surface area contributed by atoms with Crippen molar-refractivity contribution in [1.82, 2.24) is 5.32 Å². The molecule has 1 aromatic rings. The monoisotopic (exact) mass is 299 g/mol. The van der Waals surface area contributed by atoms with Crippen molar-refractivity contribution in [1.29, 1.82) is 0 Å². The van der Waals surface area contributed by atoms with E-state index in [9.17, 15) is 4.79 Å². The number of aliphatic hydroxyl groups is 1. The Morgan fingerprint density at radius 2 is 2.32 bits per heavy atom. The lowest BCUT2D eigenvalue weighted by Crippen LogP contribution is -2.40. The van der Waals surface area contributed by atoms with Crippen molar-refractivity contribution < 1.29 is 9.90 Å². The molecule has 1 aromatic carbocycles. The van der Waals surface area contributed by atoms with E-state index >= 15 is 0 Å². The van der Waals surface area contributed by atoms with E-state index in [1.54, 1.807) is 18.2 Å². The molecule has 5 heteroatoms. The van der Waals surface area contributed by atoms with Gasteiger partial charge in [-0.05, 0) is 37.0 Å². The molecule has 104 valence electrons. The summed E-state index contributed by atoms with van der Waals surface area (Å²) in [6.07, 6.45) is 5.09. The van der Waals surface area contributed by atoms with Gasteiger partial charge in [0, 0.05) is 22.4 Å². The van der Waals surface area contributed by atoms with Gasteiger partial charge < -0.3 is 10.4 Å². The minimum Gasteiger partial charge on any atom is -0.395 e. The summed E-state index contributed by atoms with van der Waals surface area (Å²) in [4.78, 5) is 11.7. The van der Waals surface area contributed by atoms with Crippen molar-refractivity contribution >= 4 is 35.3 Å². The second-order valence-electron chi connectivity index (χ2n) is 4.14. The van der Waals surface area contributed by atoms with E-state index in [1.165, 1.54) is 17.8 Å². The zero-order valence-electron chi connectivity index (χ0n) is 11.0. The van der Waals surface area contributed by atoms with Gasteiger partial charge in [0.25, 0.3) is 0 Å². The standard InChI is InChI=1S/C14H18ClNO2S/c1-10(13(9-17)19-2)16-14(18)7-6-11-4-3-5-12(15)8-11/h3-8,10,13,17H,9H2,1-2H3,(H,16,18)/b7-6+. The topological polar surface area (TPSA) is 49.3 Å². The van der Waals surface area contributed by atoms with E-state index < -0.39 is 0 Å². The normalized spacial score (nSPS) is 14.3. The summed E-state index contributed by atoms with van der Waals surface area (Å²) in [6, 6.07) is 7.19. The summed E-state index contributed by atoms with van der Waals surface area (Å²) in [7, 11) is 0. The third-order valence-corrected chi connectivity index (χ3v) is 4.08. The predicted molar refractivity (Wildman–Crippen MR) is 82.5 cm³/mol. The molecular weight excluding hydrogens is 282 g/mol. The third-order valence-electron chi connectivity index (χ3n) is 2.69. The number of hydrogen-bond donors (Lipinski definition) is 2. The zero-order chi connectivity index (χ0) is 14.3. The molecule has 0 aliphatic carbocycles. The molecule has 2 unspecified atom stereocenters. The highest BCUT2D eigenvalue weighted by Gasteiger charge is 2.15. The maximum absolute atomic E-state index is 11.7. The van der Waals surface area contributed by atoms with Gasteiger partial charge >= 0.3 is 0 Å². The van der Waals surface area contributed by atoms with Gasteiger partial charge in [-0.15, -0.1) is 0 Å². The first-order chi connectivity index (χ1) is 9.06. The Labute approximate surface area is 123 Å². The van der Waals surface area contributed by atoms with Crippen molar-refractivity contribution in [2.45, 2.75) is 18.2 Å². The quantitative estimate of drug-likeness (QED) is 0.794. The summed E-state index contributed by atoms with van der Waals surface area (Å²) in [5, 5.41) is 12.6. The van der Waals surface area contributed by atoms with Crippen molar-refractivity contribution in [3.8, 4) is 0 Å². The average Bonchev–Trinajstić information content (AvgIpc) is 2.38. The first kappa shape index (κ1) is 16.1. The molecule has 0 bridgehead atoms.